The fourth-order valence-electron chi connectivity index (χ4n) is 1.71. The Bertz CT molecular complexity index is 379. The van der Waals surface area contributed by atoms with Gasteiger partial charge in [0.2, 0.25) is 0 Å². The second kappa shape index (κ2) is 8.02. The molecule has 0 bridgehead atoms. The maximum Gasteiger partial charge on any atom is 0.360 e. The lowest BCUT2D eigenvalue weighted by Crippen LogP contribution is -2.08. The molecule has 0 aliphatic rings. The molecule has 18 heavy (non-hydrogen) atoms. The molecule has 2 N–H and O–H groups in total. The number of rotatable bonds is 8. The number of hydrogen-bond acceptors (Lipinski definition) is 5. The predicted octanol–water partition coefficient (Wildman–Crippen LogP) is 2.18. The summed E-state index contributed by atoms with van der Waals surface area (Å²) in [4.78, 5) is 15.3. The number of anilines is 1. The summed E-state index contributed by atoms with van der Waals surface area (Å²) in [7, 11) is 1.33. The summed E-state index contributed by atoms with van der Waals surface area (Å²) >= 11 is 1.88. The maximum atomic E-state index is 11.3. The highest BCUT2D eigenvalue weighted by molar-refractivity contribution is 7.98. The highest BCUT2D eigenvalue weighted by Crippen LogP contribution is 2.13. The van der Waals surface area contributed by atoms with E-state index in [0.29, 0.717) is 5.82 Å². The van der Waals surface area contributed by atoms with Crippen LogP contribution in [0, 0.1) is 0 Å². The predicted molar refractivity (Wildman–Crippen MR) is 74.8 cm³/mol. The molecule has 0 saturated carbocycles. The second-order valence-electron chi connectivity index (χ2n) is 4.07. The summed E-state index contributed by atoms with van der Waals surface area (Å²) in [6, 6.07) is 0. The average Bonchev–Trinajstić information content (AvgIpc) is 2.74. The van der Waals surface area contributed by atoms with Crippen LogP contribution in [0.5, 0.6) is 0 Å². The topological polar surface area (TPSA) is 70.1 Å². The van der Waals surface area contributed by atoms with Gasteiger partial charge in [-0.15, -0.1) is 0 Å². The molecular weight excluding hydrogens is 250 g/mol. The van der Waals surface area contributed by atoms with Gasteiger partial charge in [-0.25, -0.2) is 9.78 Å². The van der Waals surface area contributed by atoms with Gasteiger partial charge < -0.3 is 15.0 Å². The number of hydrogen-bond donors (Lipinski definition) is 1. The minimum atomic E-state index is -0.480. The minimum absolute atomic E-state index is 0.208. The quantitative estimate of drug-likeness (QED) is 0.579. The van der Waals surface area contributed by atoms with Crippen molar-refractivity contribution in [3.8, 4) is 0 Å². The number of thioether (sulfide) groups is 1. The van der Waals surface area contributed by atoms with E-state index in [1.807, 2.05) is 11.8 Å². The molecule has 0 fully saturated rings. The van der Waals surface area contributed by atoms with Crippen molar-refractivity contribution in [2.75, 3.05) is 24.9 Å². The van der Waals surface area contributed by atoms with Crippen molar-refractivity contribution in [1.82, 2.24) is 9.55 Å². The van der Waals surface area contributed by atoms with Crippen LogP contribution in [-0.4, -0.2) is 34.6 Å². The van der Waals surface area contributed by atoms with Crippen LogP contribution in [0.1, 0.15) is 36.2 Å². The molecule has 1 heterocycles. The van der Waals surface area contributed by atoms with E-state index in [-0.39, 0.29) is 5.69 Å². The molecule has 0 radical (unpaired) electrons. The van der Waals surface area contributed by atoms with Crippen LogP contribution >= 0.6 is 11.8 Å². The Morgan fingerprint density at radius 2 is 2.17 bits per heavy atom. The number of aryl methyl sites for hydroxylation is 1. The van der Waals surface area contributed by atoms with Gasteiger partial charge in [-0.1, -0.05) is 12.8 Å². The van der Waals surface area contributed by atoms with Crippen LogP contribution < -0.4 is 5.73 Å². The van der Waals surface area contributed by atoms with Gasteiger partial charge in [-0.2, -0.15) is 11.8 Å². The summed E-state index contributed by atoms with van der Waals surface area (Å²) in [5.74, 6) is 1.14. The Balaban J connectivity index is 2.35. The summed E-state index contributed by atoms with van der Waals surface area (Å²) in [5.41, 5.74) is 6.05. The van der Waals surface area contributed by atoms with E-state index < -0.39 is 5.97 Å². The van der Waals surface area contributed by atoms with Crippen LogP contribution in [0.4, 0.5) is 5.82 Å². The van der Waals surface area contributed by atoms with Crippen molar-refractivity contribution in [3.05, 3.63) is 12.0 Å². The van der Waals surface area contributed by atoms with Gasteiger partial charge in [0.05, 0.1) is 13.4 Å². The van der Waals surface area contributed by atoms with E-state index in [1.165, 1.54) is 32.1 Å². The molecular formula is C12H21N3O2S. The van der Waals surface area contributed by atoms with Crippen molar-refractivity contribution in [1.29, 1.82) is 0 Å². The molecule has 0 aromatic carbocycles. The van der Waals surface area contributed by atoms with E-state index in [2.05, 4.69) is 16.0 Å². The van der Waals surface area contributed by atoms with Crippen molar-refractivity contribution in [3.63, 3.8) is 0 Å². The van der Waals surface area contributed by atoms with Gasteiger partial charge >= 0.3 is 5.97 Å². The number of nitrogens with zero attached hydrogens (tertiary/aromatic N) is 2. The van der Waals surface area contributed by atoms with Crippen molar-refractivity contribution in [2.45, 2.75) is 32.2 Å². The number of aromatic nitrogens is 2. The zero-order chi connectivity index (χ0) is 13.4. The molecule has 5 nitrogen and oxygen atoms in total. The van der Waals surface area contributed by atoms with Gasteiger partial charge in [0.15, 0.2) is 5.69 Å². The fourth-order valence-corrected chi connectivity index (χ4v) is 2.20. The Morgan fingerprint density at radius 3 is 2.83 bits per heavy atom. The maximum absolute atomic E-state index is 11.3. The number of methoxy groups -OCH3 is 1. The lowest BCUT2D eigenvalue weighted by Gasteiger charge is -2.05. The first-order chi connectivity index (χ1) is 8.70. The number of unbranched alkanes of at least 4 members (excludes halogenated alkanes) is 3. The summed E-state index contributed by atoms with van der Waals surface area (Å²) in [6.45, 7) is 0.801. The Kier molecular flexibility index (Phi) is 6.64. The number of nitrogen functional groups attached to an aromatic ring is 1. The van der Waals surface area contributed by atoms with E-state index in [1.54, 1.807) is 10.9 Å². The molecule has 6 heteroatoms. The highest BCUT2D eigenvalue weighted by atomic mass is 32.2. The zero-order valence-electron chi connectivity index (χ0n) is 11.0. The van der Waals surface area contributed by atoms with E-state index >= 15 is 0 Å². The number of carbonyl (C=O) groups is 1. The largest absolute Gasteiger partial charge is 0.464 e. The monoisotopic (exact) mass is 271 g/mol. The molecule has 0 amide bonds. The Morgan fingerprint density at radius 1 is 1.44 bits per heavy atom. The van der Waals surface area contributed by atoms with E-state index in [0.717, 1.165) is 13.0 Å². The third-order valence-corrected chi connectivity index (χ3v) is 3.45. The Labute approximate surface area is 112 Å². The van der Waals surface area contributed by atoms with Crippen LogP contribution in [-0.2, 0) is 11.3 Å². The minimum Gasteiger partial charge on any atom is -0.464 e. The first-order valence-electron chi connectivity index (χ1n) is 6.08. The molecule has 1 rings (SSSR count). The molecule has 0 aliphatic carbocycles. The van der Waals surface area contributed by atoms with Gasteiger partial charge in [-0.3, -0.25) is 0 Å². The normalized spacial score (nSPS) is 10.6. The Hall–Kier alpha value is -1.17. The van der Waals surface area contributed by atoms with Gasteiger partial charge in [-0.05, 0) is 24.9 Å². The first kappa shape index (κ1) is 14.9. The standard InChI is InChI=1S/C12H21N3O2S/c1-17-12(16)10-11(13)15(9-14-10)7-5-3-4-6-8-18-2/h9H,3-8,13H2,1-2H3. The molecule has 102 valence electrons. The lowest BCUT2D eigenvalue weighted by molar-refractivity contribution is 0.0596. The molecule has 0 unspecified atom stereocenters. The molecule has 1 aromatic rings. The van der Waals surface area contributed by atoms with Gasteiger partial charge in [0.1, 0.15) is 5.82 Å². The zero-order valence-corrected chi connectivity index (χ0v) is 11.8. The van der Waals surface area contributed by atoms with Crippen molar-refractivity contribution in [2.24, 2.45) is 0 Å². The third-order valence-electron chi connectivity index (χ3n) is 2.75. The van der Waals surface area contributed by atoms with Gasteiger partial charge in [0.25, 0.3) is 0 Å². The number of imidazole rings is 1. The molecule has 1 aromatic heterocycles. The molecule has 0 aliphatic heterocycles. The van der Waals surface area contributed by atoms with Crippen LogP contribution in [0.15, 0.2) is 6.33 Å². The molecule has 0 spiro atoms. The number of esters is 1. The smallest absolute Gasteiger partial charge is 0.360 e. The number of nitrogens with two attached hydrogens (primary N) is 1. The first-order valence-corrected chi connectivity index (χ1v) is 7.48. The SMILES string of the molecule is COC(=O)c1ncn(CCCCCCSC)c1N. The summed E-state index contributed by atoms with van der Waals surface area (Å²) < 4.78 is 6.41. The second-order valence-corrected chi connectivity index (χ2v) is 5.06. The molecule has 0 atom stereocenters. The van der Waals surface area contributed by atoms with E-state index in [4.69, 9.17) is 5.73 Å². The van der Waals surface area contributed by atoms with Crippen LogP contribution in [0.25, 0.3) is 0 Å². The van der Waals surface area contributed by atoms with Crippen LogP contribution in [0.3, 0.4) is 0 Å². The van der Waals surface area contributed by atoms with Crippen molar-refractivity contribution >= 4 is 23.5 Å². The lowest BCUT2D eigenvalue weighted by atomic mass is 10.2. The average molecular weight is 271 g/mol. The van der Waals surface area contributed by atoms with Crippen molar-refractivity contribution < 1.29 is 9.53 Å². The van der Waals surface area contributed by atoms with E-state index in [9.17, 15) is 4.79 Å². The highest BCUT2D eigenvalue weighted by Gasteiger charge is 2.15. The summed E-state index contributed by atoms with van der Waals surface area (Å²) in [6.07, 6.45) is 8.44. The summed E-state index contributed by atoms with van der Waals surface area (Å²) in [5, 5.41) is 0. The molecule has 0 saturated heterocycles. The number of ether oxygens (including phenoxy) is 1. The van der Waals surface area contributed by atoms with Gasteiger partial charge in [0, 0.05) is 6.54 Å². The number of carbonyl (C=O) groups excluding carboxylic acids is 1. The fraction of sp³-hybridized carbons (Fsp3) is 0.667. The van der Waals surface area contributed by atoms with Crippen LogP contribution in [0.2, 0.25) is 0 Å². The third kappa shape index (κ3) is 4.25.